The highest BCUT2D eigenvalue weighted by Crippen LogP contribution is 2.20. The number of aliphatic hydroxyl groups is 1. The van der Waals surface area contributed by atoms with Gasteiger partial charge >= 0.3 is 0 Å². The third-order valence-corrected chi connectivity index (χ3v) is 2.90. The molecule has 0 bridgehead atoms. The summed E-state index contributed by atoms with van der Waals surface area (Å²) in [6.07, 6.45) is 2.43. The molecular formula is C16H23NO3. The predicted octanol–water partition coefficient (Wildman–Crippen LogP) is 2.07. The van der Waals surface area contributed by atoms with E-state index >= 15 is 0 Å². The van der Waals surface area contributed by atoms with Crippen LogP contribution in [0.15, 0.2) is 35.9 Å². The Morgan fingerprint density at radius 3 is 2.80 bits per heavy atom. The summed E-state index contributed by atoms with van der Waals surface area (Å²) in [6, 6.07) is 7.77. The molecule has 0 radical (unpaired) electrons. The van der Waals surface area contributed by atoms with Gasteiger partial charge in [-0.05, 0) is 38.3 Å². The highest BCUT2D eigenvalue weighted by Gasteiger charge is 2.04. The van der Waals surface area contributed by atoms with Gasteiger partial charge in [-0.25, -0.2) is 0 Å². The number of allylic oxidation sites excluding steroid dienone is 1. The summed E-state index contributed by atoms with van der Waals surface area (Å²) in [4.78, 5) is 11.7. The Hall–Kier alpha value is -1.81. The maximum absolute atomic E-state index is 11.7. The third-order valence-electron chi connectivity index (χ3n) is 2.90. The van der Waals surface area contributed by atoms with Gasteiger partial charge in [-0.1, -0.05) is 23.8 Å². The number of hydrogen-bond donors (Lipinski definition) is 2. The fraction of sp³-hybridized carbons (Fsp3) is 0.438. The average Bonchev–Trinajstić information content (AvgIpc) is 2.38. The Kier molecular flexibility index (Phi) is 6.81. The Morgan fingerprint density at radius 2 is 2.15 bits per heavy atom. The lowest BCUT2D eigenvalue weighted by Crippen LogP contribution is -2.25. The minimum atomic E-state index is -0.394. The molecule has 1 rings (SSSR count). The lowest BCUT2D eigenvalue weighted by molar-refractivity contribution is -0.116. The molecule has 0 aliphatic heterocycles. The predicted molar refractivity (Wildman–Crippen MR) is 79.8 cm³/mol. The van der Waals surface area contributed by atoms with Crippen molar-refractivity contribution >= 4 is 5.91 Å². The van der Waals surface area contributed by atoms with Crippen LogP contribution in [0.1, 0.15) is 25.8 Å². The first kappa shape index (κ1) is 16.2. The van der Waals surface area contributed by atoms with Crippen LogP contribution in [0.2, 0.25) is 0 Å². The zero-order valence-electron chi connectivity index (χ0n) is 12.3. The fourth-order valence-corrected chi connectivity index (χ4v) is 1.88. The molecule has 20 heavy (non-hydrogen) atoms. The highest BCUT2D eigenvalue weighted by atomic mass is 16.5. The SMILES string of the molecule is COc1ccccc1CC(C)=CC(=O)NCCC(C)O. The number of amides is 1. The lowest BCUT2D eigenvalue weighted by Gasteiger charge is -2.09. The summed E-state index contributed by atoms with van der Waals surface area (Å²) < 4.78 is 5.29. The lowest BCUT2D eigenvalue weighted by atomic mass is 10.1. The minimum Gasteiger partial charge on any atom is -0.496 e. The van der Waals surface area contributed by atoms with Gasteiger partial charge in [0.2, 0.25) is 5.91 Å². The molecule has 0 saturated carbocycles. The van der Waals surface area contributed by atoms with E-state index in [0.29, 0.717) is 19.4 Å². The molecule has 0 heterocycles. The van der Waals surface area contributed by atoms with E-state index in [1.165, 1.54) is 0 Å². The van der Waals surface area contributed by atoms with Crippen LogP contribution in [0, 0.1) is 0 Å². The van der Waals surface area contributed by atoms with Crippen LogP contribution in [0.5, 0.6) is 5.75 Å². The van der Waals surface area contributed by atoms with E-state index < -0.39 is 6.10 Å². The van der Waals surface area contributed by atoms with Crippen LogP contribution < -0.4 is 10.1 Å². The number of carbonyl (C=O) groups excluding carboxylic acids is 1. The van der Waals surface area contributed by atoms with Gasteiger partial charge in [-0.15, -0.1) is 0 Å². The Balaban J connectivity index is 2.54. The first-order valence-corrected chi connectivity index (χ1v) is 6.78. The van der Waals surface area contributed by atoms with E-state index in [1.807, 2.05) is 31.2 Å². The molecule has 2 N–H and O–H groups in total. The standard InChI is InChI=1S/C16H23NO3/c1-12(11-16(19)17-9-8-13(2)18)10-14-6-4-5-7-15(14)20-3/h4-7,11,13,18H,8-10H2,1-3H3,(H,17,19). The smallest absolute Gasteiger partial charge is 0.243 e. The van der Waals surface area contributed by atoms with Crippen molar-refractivity contribution in [2.24, 2.45) is 0 Å². The molecule has 1 aromatic rings. The number of rotatable bonds is 7. The quantitative estimate of drug-likeness (QED) is 0.750. The Labute approximate surface area is 120 Å². The normalized spacial score (nSPS) is 12.9. The fourth-order valence-electron chi connectivity index (χ4n) is 1.88. The highest BCUT2D eigenvalue weighted by molar-refractivity contribution is 5.88. The van der Waals surface area contributed by atoms with Crippen molar-refractivity contribution in [3.63, 3.8) is 0 Å². The van der Waals surface area contributed by atoms with Crippen molar-refractivity contribution in [3.8, 4) is 5.75 Å². The van der Waals surface area contributed by atoms with Gasteiger partial charge in [-0.2, -0.15) is 0 Å². The van der Waals surface area contributed by atoms with Gasteiger partial charge < -0.3 is 15.2 Å². The second kappa shape index (κ2) is 8.38. The van der Waals surface area contributed by atoms with Crippen LogP contribution in [-0.2, 0) is 11.2 Å². The molecule has 4 heteroatoms. The largest absolute Gasteiger partial charge is 0.496 e. The van der Waals surface area contributed by atoms with Crippen molar-refractivity contribution in [1.29, 1.82) is 0 Å². The number of carbonyl (C=O) groups is 1. The van der Waals surface area contributed by atoms with E-state index in [4.69, 9.17) is 9.84 Å². The number of ether oxygens (including phenoxy) is 1. The topological polar surface area (TPSA) is 58.6 Å². The van der Waals surface area contributed by atoms with Crippen molar-refractivity contribution in [1.82, 2.24) is 5.32 Å². The van der Waals surface area contributed by atoms with Gasteiger partial charge in [0.05, 0.1) is 13.2 Å². The number of methoxy groups -OCH3 is 1. The van der Waals surface area contributed by atoms with E-state index in [9.17, 15) is 4.79 Å². The van der Waals surface area contributed by atoms with Crippen molar-refractivity contribution in [2.75, 3.05) is 13.7 Å². The zero-order valence-corrected chi connectivity index (χ0v) is 12.3. The van der Waals surface area contributed by atoms with Crippen LogP contribution in [0.3, 0.4) is 0 Å². The summed E-state index contributed by atoms with van der Waals surface area (Å²) in [5, 5.41) is 11.9. The van der Waals surface area contributed by atoms with Crippen LogP contribution in [-0.4, -0.2) is 30.8 Å². The van der Waals surface area contributed by atoms with E-state index in [1.54, 1.807) is 20.1 Å². The first-order chi connectivity index (χ1) is 9.52. The molecule has 0 spiro atoms. The summed E-state index contributed by atoms with van der Waals surface area (Å²) in [5.41, 5.74) is 2.02. The molecule has 1 unspecified atom stereocenters. The van der Waals surface area contributed by atoms with E-state index in [-0.39, 0.29) is 5.91 Å². The molecular weight excluding hydrogens is 254 g/mol. The maximum Gasteiger partial charge on any atom is 0.243 e. The summed E-state index contributed by atoms with van der Waals surface area (Å²) in [7, 11) is 1.64. The summed E-state index contributed by atoms with van der Waals surface area (Å²) >= 11 is 0. The average molecular weight is 277 g/mol. The third kappa shape index (κ3) is 5.89. The van der Waals surface area contributed by atoms with E-state index in [2.05, 4.69) is 5.32 Å². The molecule has 1 atom stereocenters. The number of hydrogen-bond acceptors (Lipinski definition) is 3. The second-order valence-electron chi connectivity index (χ2n) is 4.91. The molecule has 0 saturated heterocycles. The minimum absolute atomic E-state index is 0.127. The van der Waals surface area contributed by atoms with Crippen LogP contribution >= 0.6 is 0 Å². The zero-order chi connectivity index (χ0) is 15.0. The molecule has 1 amide bonds. The number of nitrogens with one attached hydrogen (secondary N) is 1. The monoisotopic (exact) mass is 277 g/mol. The molecule has 0 aromatic heterocycles. The van der Waals surface area contributed by atoms with Gasteiger partial charge in [0.1, 0.15) is 5.75 Å². The molecule has 0 fully saturated rings. The number of benzene rings is 1. The maximum atomic E-state index is 11.7. The molecule has 4 nitrogen and oxygen atoms in total. The molecule has 0 aliphatic carbocycles. The Morgan fingerprint density at radius 1 is 1.45 bits per heavy atom. The van der Waals surface area contributed by atoms with Gasteiger partial charge in [-0.3, -0.25) is 4.79 Å². The van der Waals surface area contributed by atoms with Gasteiger partial charge in [0, 0.05) is 12.6 Å². The van der Waals surface area contributed by atoms with E-state index in [0.717, 1.165) is 16.9 Å². The molecule has 1 aromatic carbocycles. The number of para-hydroxylation sites is 1. The van der Waals surface area contributed by atoms with Gasteiger partial charge in [0.15, 0.2) is 0 Å². The van der Waals surface area contributed by atoms with Crippen molar-refractivity contribution in [3.05, 3.63) is 41.5 Å². The number of aliphatic hydroxyl groups excluding tert-OH is 1. The van der Waals surface area contributed by atoms with Crippen LogP contribution in [0.4, 0.5) is 0 Å². The van der Waals surface area contributed by atoms with Crippen LogP contribution in [0.25, 0.3) is 0 Å². The first-order valence-electron chi connectivity index (χ1n) is 6.78. The molecule has 110 valence electrons. The summed E-state index contributed by atoms with van der Waals surface area (Å²) in [6.45, 7) is 4.10. The second-order valence-corrected chi connectivity index (χ2v) is 4.91. The Bertz CT molecular complexity index is 467. The van der Waals surface area contributed by atoms with Crippen molar-refractivity contribution in [2.45, 2.75) is 32.8 Å². The van der Waals surface area contributed by atoms with Gasteiger partial charge in [0.25, 0.3) is 0 Å². The van der Waals surface area contributed by atoms with Crippen molar-refractivity contribution < 1.29 is 14.6 Å². The summed E-state index contributed by atoms with van der Waals surface area (Å²) in [5.74, 6) is 0.702. The molecule has 0 aliphatic rings.